The second-order valence-electron chi connectivity index (χ2n) is 4.53. The quantitative estimate of drug-likeness (QED) is 0.943. The largest absolute Gasteiger partial charge is 0.240 e. The van der Waals surface area contributed by atoms with Gasteiger partial charge in [0.1, 0.15) is 5.82 Å². The lowest BCUT2D eigenvalue weighted by molar-refractivity contribution is 0.580. The lowest BCUT2D eigenvalue weighted by atomic mass is 10.1. The van der Waals surface area contributed by atoms with E-state index in [1.54, 1.807) is 13.0 Å². The summed E-state index contributed by atoms with van der Waals surface area (Å²) in [6, 6.07) is 11.8. The summed E-state index contributed by atoms with van der Waals surface area (Å²) in [5.41, 5.74) is 1.62. The highest BCUT2D eigenvalue weighted by Crippen LogP contribution is 2.14. The van der Waals surface area contributed by atoms with E-state index in [4.69, 9.17) is 5.26 Å². The average molecular weight is 304 g/mol. The van der Waals surface area contributed by atoms with Crippen molar-refractivity contribution < 1.29 is 12.8 Å². The second kappa shape index (κ2) is 6.04. The number of sulfonamides is 1. The SMILES string of the molecule is Cc1ccc(F)cc1CNS(=O)(=O)c1cccc(C#N)c1. The van der Waals surface area contributed by atoms with Crippen molar-refractivity contribution in [3.05, 3.63) is 65.0 Å². The summed E-state index contributed by atoms with van der Waals surface area (Å²) in [6.07, 6.45) is 0. The van der Waals surface area contributed by atoms with Crippen LogP contribution in [0.4, 0.5) is 4.39 Å². The lowest BCUT2D eigenvalue weighted by Gasteiger charge is -2.09. The smallest absolute Gasteiger partial charge is 0.207 e. The van der Waals surface area contributed by atoms with E-state index in [0.717, 1.165) is 5.56 Å². The molecule has 0 saturated carbocycles. The Morgan fingerprint density at radius 1 is 1.24 bits per heavy atom. The Morgan fingerprint density at radius 3 is 2.71 bits per heavy atom. The molecule has 1 N–H and O–H groups in total. The summed E-state index contributed by atoms with van der Waals surface area (Å²) in [4.78, 5) is 0.00982. The predicted octanol–water partition coefficient (Wildman–Crippen LogP) is 2.48. The number of nitriles is 1. The van der Waals surface area contributed by atoms with E-state index in [2.05, 4.69) is 4.72 Å². The van der Waals surface area contributed by atoms with Crippen molar-refractivity contribution in [2.75, 3.05) is 0 Å². The van der Waals surface area contributed by atoms with Crippen LogP contribution in [0.15, 0.2) is 47.4 Å². The van der Waals surface area contributed by atoms with Crippen LogP contribution in [-0.2, 0) is 16.6 Å². The number of halogens is 1. The minimum atomic E-state index is -3.74. The Labute approximate surface area is 122 Å². The van der Waals surface area contributed by atoms with E-state index in [1.807, 2.05) is 6.07 Å². The fraction of sp³-hybridized carbons (Fsp3) is 0.133. The van der Waals surface area contributed by atoms with Crippen LogP contribution in [0.3, 0.4) is 0 Å². The third kappa shape index (κ3) is 3.66. The van der Waals surface area contributed by atoms with Crippen LogP contribution in [0.5, 0.6) is 0 Å². The van der Waals surface area contributed by atoms with Crippen molar-refractivity contribution in [3.63, 3.8) is 0 Å². The van der Waals surface area contributed by atoms with Crippen LogP contribution in [0.25, 0.3) is 0 Å². The maximum absolute atomic E-state index is 13.2. The molecule has 2 aromatic rings. The standard InChI is InChI=1S/C15H13FN2O2S/c1-11-5-6-14(16)8-13(11)10-18-21(19,20)15-4-2-3-12(7-15)9-17/h2-8,18H,10H2,1H3. The number of hydrogen-bond donors (Lipinski definition) is 1. The molecule has 0 aromatic heterocycles. The molecule has 0 aliphatic heterocycles. The Hall–Kier alpha value is -2.23. The molecule has 2 rings (SSSR count). The molecular weight excluding hydrogens is 291 g/mol. The molecule has 6 heteroatoms. The number of aryl methyl sites for hydroxylation is 1. The van der Waals surface area contributed by atoms with Gasteiger partial charge in [-0.05, 0) is 48.4 Å². The van der Waals surface area contributed by atoms with E-state index in [-0.39, 0.29) is 17.0 Å². The fourth-order valence-electron chi connectivity index (χ4n) is 1.82. The van der Waals surface area contributed by atoms with Gasteiger partial charge in [-0.25, -0.2) is 17.5 Å². The summed E-state index contributed by atoms with van der Waals surface area (Å²) in [5, 5.41) is 8.80. The van der Waals surface area contributed by atoms with Crippen molar-refractivity contribution in [1.82, 2.24) is 4.72 Å². The van der Waals surface area contributed by atoms with E-state index < -0.39 is 15.8 Å². The summed E-state index contributed by atoms with van der Waals surface area (Å²) in [7, 11) is -3.74. The molecule has 2 aromatic carbocycles. The first-order valence-electron chi connectivity index (χ1n) is 6.17. The normalized spacial score (nSPS) is 11.1. The average Bonchev–Trinajstić information content (AvgIpc) is 2.48. The summed E-state index contributed by atoms with van der Waals surface area (Å²) >= 11 is 0. The van der Waals surface area contributed by atoms with E-state index >= 15 is 0 Å². The molecule has 108 valence electrons. The van der Waals surface area contributed by atoms with Gasteiger partial charge in [0.05, 0.1) is 16.5 Å². The minimum Gasteiger partial charge on any atom is -0.207 e. The van der Waals surface area contributed by atoms with Crippen LogP contribution in [-0.4, -0.2) is 8.42 Å². The fourth-order valence-corrected chi connectivity index (χ4v) is 2.87. The second-order valence-corrected chi connectivity index (χ2v) is 6.30. The van der Waals surface area contributed by atoms with Gasteiger partial charge in [-0.15, -0.1) is 0 Å². The van der Waals surface area contributed by atoms with E-state index in [0.29, 0.717) is 5.56 Å². The molecule has 0 spiro atoms. The Balaban J connectivity index is 2.22. The van der Waals surface area contributed by atoms with Crippen LogP contribution in [0.1, 0.15) is 16.7 Å². The van der Waals surface area contributed by atoms with Crippen LogP contribution < -0.4 is 4.72 Å². The van der Waals surface area contributed by atoms with Gasteiger partial charge in [0, 0.05) is 6.54 Å². The molecule has 0 radical (unpaired) electrons. The zero-order valence-electron chi connectivity index (χ0n) is 11.3. The molecule has 0 heterocycles. The first-order valence-corrected chi connectivity index (χ1v) is 7.65. The van der Waals surface area contributed by atoms with Crippen molar-refractivity contribution in [1.29, 1.82) is 5.26 Å². The summed E-state index contributed by atoms with van der Waals surface area (Å²) in [6.45, 7) is 1.77. The van der Waals surface area contributed by atoms with E-state index in [1.165, 1.54) is 36.4 Å². The van der Waals surface area contributed by atoms with Crippen molar-refractivity contribution in [3.8, 4) is 6.07 Å². The monoisotopic (exact) mass is 304 g/mol. The Bertz CT molecular complexity index is 811. The lowest BCUT2D eigenvalue weighted by Crippen LogP contribution is -2.23. The van der Waals surface area contributed by atoms with Gasteiger partial charge >= 0.3 is 0 Å². The number of hydrogen-bond acceptors (Lipinski definition) is 3. The van der Waals surface area contributed by atoms with E-state index in [9.17, 15) is 12.8 Å². The molecule has 0 fully saturated rings. The third-order valence-electron chi connectivity index (χ3n) is 3.04. The first kappa shape index (κ1) is 15.2. The summed E-state index contributed by atoms with van der Waals surface area (Å²) < 4.78 is 39.9. The van der Waals surface area contributed by atoms with Crippen LogP contribution >= 0.6 is 0 Å². The number of nitrogens with zero attached hydrogens (tertiary/aromatic N) is 1. The third-order valence-corrected chi connectivity index (χ3v) is 4.44. The molecule has 0 atom stereocenters. The molecule has 0 unspecified atom stereocenters. The van der Waals surface area contributed by atoms with Gasteiger partial charge in [-0.3, -0.25) is 0 Å². The van der Waals surface area contributed by atoms with Crippen LogP contribution in [0.2, 0.25) is 0 Å². The van der Waals surface area contributed by atoms with Crippen molar-refractivity contribution in [2.24, 2.45) is 0 Å². The van der Waals surface area contributed by atoms with Crippen molar-refractivity contribution in [2.45, 2.75) is 18.4 Å². The first-order chi connectivity index (χ1) is 9.92. The zero-order chi connectivity index (χ0) is 15.5. The maximum atomic E-state index is 13.2. The predicted molar refractivity (Wildman–Crippen MR) is 76.3 cm³/mol. The molecular formula is C15H13FN2O2S. The molecule has 0 aliphatic carbocycles. The number of rotatable bonds is 4. The van der Waals surface area contributed by atoms with Gasteiger partial charge in [-0.2, -0.15) is 5.26 Å². The molecule has 4 nitrogen and oxygen atoms in total. The Morgan fingerprint density at radius 2 is 2.00 bits per heavy atom. The van der Waals surface area contributed by atoms with Gasteiger partial charge in [0.15, 0.2) is 0 Å². The number of nitrogens with one attached hydrogen (secondary N) is 1. The Kier molecular flexibility index (Phi) is 4.36. The van der Waals surface area contributed by atoms with Crippen LogP contribution in [0, 0.1) is 24.1 Å². The zero-order valence-corrected chi connectivity index (χ0v) is 12.1. The van der Waals surface area contributed by atoms with Crippen molar-refractivity contribution >= 4 is 10.0 Å². The summed E-state index contributed by atoms with van der Waals surface area (Å²) in [5.74, 6) is -0.415. The van der Waals surface area contributed by atoms with Gasteiger partial charge in [-0.1, -0.05) is 12.1 Å². The highest BCUT2D eigenvalue weighted by atomic mass is 32.2. The molecule has 0 bridgehead atoms. The van der Waals surface area contributed by atoms with Gasteiger partial charge in [0.25, 0.3) is 0 Å². The topological polar surface area (TPSA) is 70.0 Å². The van der Waals surface area contributed by atoms with Gasteiger partial charge < -0.3 is 0 Å². The molecule has 0 aliphatic rings. The molecule has 21 heavy (non-hydrogen) atoms. The highest BCUT2D eigenvalue weighted by molar-refractivity contribution is 7.89. The maximum Gasteiger partial charge on any atom is 0.240 e. The number of benzene rings is 2. The molecule has 0 saturated heterocycles. The molecule has 0 amide bonds. The minimum absolute atomic E-state index is 0.00982. The highest BCUT2D eigenvalue weighted by Gasteiger charge is 2.14. The van der Waals surface area contributed by atoms with Gasteiger partial charge in [0.2, 0.25) is 10.0 Å².